The molecule has 2 fully saturated rings. The van der Waals surface area contributed by atoms with Crippen molar-refractivity contribution in [2.45, 2.75) is 6.10 Å². The van der Waals surface area contributed by atoms with E-state index in [1.165, 1.54) is 0 Å². The second-order valence-electron chi connectivity index (χ2n) is 8.53. The predicted molar refractivity (Wildman–Crippen MR) is 134 cm³/mol. The van der Waals surface area contributed by atoms with Crippen molar-refractivity contribution < 1.29 is 23.8 Å². The van der Waals surface area contributed by atoms with E-state index in [1.54, 1.807) is 55.5 Å². The van der Waals surface area contributed by atoms with Crippen LogP contribution in [0.4, 0.5) is 0 Å². The SMILES string of the molecule is COc1ccc(C(=O)N2CCN(C[C@H]3CN(C(=O)c4ccc(Cl)c(Cl)c4)CCO3)CC2)c(OC)c1. The summed E-state index contributed by atoms with van der Waals surface area (Å²) in [7, 11) is 3.12. The number of hydrogen-bond acceptors (Lipinski definition) is 6. The van der Waals surface area contributed by atoms with Crippen LogP contribution in [0, 0.1) is 0 Å². The number of morpholine rings is 1. The first-order valence-electron chi connectivity index (χ1n) is 11.5. The molecule has 2 aliphatic rings. The number of amides is 2. The zero-order valence-corrected chi connectivity index (χ0v) is 21.3. The number of carbonyl (C=O) groups is 2. The van der Waals surface area contributed by atoms with Crippen LogP contribution < -0.4 is 9.47 Å². The molecule has 2 aliphatic heterocycles. The van der Waals surface area contributed by atoms with Gasteiger partial charge in [0.25, 0.3) is 11.8 Å². The Morgan fingerprint density at radius 1 is 0.914 bits per heavy atom. The van der Waals surface area contributed by atoms with Crippen LogP contribution in [0.25, 0.3) is 0 Å². The zero-order chi connectivity index (χ0) is 24.9. The zero-order valence-electron chi connectivity index (χ0n) is 19.8. The van der Waals surface area contributed by atoms with Gasteiger partial charge >= 0.3 is 0 Å². The molecule has 0 bridgehead atoms. The van der Waals surface area contributed by atoms with E-state index in [4.69, 9.17) is 37.4 Å². The molecule has 0 aliphatic carbocycles. The van der Waals surface area contributed by atoms with E-state index in [2.05, 4.69) is 4.90 Å². The summed E-state index contributed by atoms with van der Waals surface area (Å²) in [5.41, 5.74) is 1.04. The standard InChI is InChI=1S/C25H29Cl2N3O5/c1-33-18-4-5-20(23(14-18)34-2)25(32)29-9-7-28(8-10-29)15-19-16-30(11-12-35-19)24(31)17-3-6-21(26)22(27)13-17/h3-6,13-14,19H,7-12,15-16H2,1-2H3/t19-/m0/s1. The molecule has 0 N–H and O–H groups in total. The minimum atomic E-state index is -0.0978. The molecule has 0 spiro atoms. The van der Waals surface area contributed by atoms with E-state index in [0.29, 0.717) is 72.0 Å². The average molecular weight is 522 g/mol. The summed E-state index contributed by atoms with van der Waals surface area (Å²) < 4.78 is 16.6. The highest BCUT2D eigenvalue weighted by molar-refractivity contribution is 6.42. The summed E-state index contributed by atoms with van der Waals surface area (Å²) in [4.78, 5) is 31.9. The van der Waals surface area contributed by atoms with E-state index in [1.807, 2.05) is 4.90 Å². The lowest BCUT2D eigenvalue weighted by molar-refractivity contribution is -0.0400. The Balaban J connectivity index is 1.30. The van der Waals surface area contributed by atoms with Crippen molar-refractivity contribution >= 4 is 35.0 Å². The van der Waals surface area contributed by atoms with Crippen LogP contribution in [0.15, 0.2) is 36.4 Å². The van der Waals surface area contributed by atoms with Gasteiger partial charge in [-0.15, -0.1) is 0 Å². The van der Waals surface area contributed by atoms with Gasteiger partial charge in [-0.1, -0.05) is 23.2 Å². The summed E-state index contributed by atoms with van der Waals surface area (Å²) in [6, 6.07) is 10.1. The summed E-state index contributed by atoms with van der Waals surface area (Å²) in [5.74, 6) is 0.999. The van der Waals surface area contributed by atoms with Crippen molar-refractivity contribution in [3.63, 3.8) is 0 Å². The first-order valence-corrected chi connectivity index (χ1v) is 12.2. The maximum Gasteiger partial charge on any atom is 0.257 e. The number of ether oxygens (including phenoxy) is 3. The molecular formula is C25H29Cl2N3O5. The van der Waals surface area contributed by atoms with Gasteiger partial charge in [0, 0.05) is 57.4 Å². The summed E-state index contributed by atoms with van der Waals surface area (Å²) >= 11 is 12.1. The molecule has 10 heteroatoms. The second kappa shape index (κ2) is 11.5. The van der Waals surface area contributed by atoms with Gasteiger partial charge in [0.2, 0.25) is 0 Å². The van der Waals surface area contributed by atoms with Crippen LogP contribution in [-0.4, -0.2) is 99.3 Å². The van der Waals surface area contributed by atoms with Crippen molar-refractivity contribution in [3.8, 4) is 11.5 Å². The second-order valence-corrected chi connectivity index (χ2v) is 9.35. The molecule has 0 aromatic heterocycles. The molecule has 2 aromatic rings. The highest BCUT2D eigenvalue weighted by Gasteiger charge is 2.29. The molecule has 35 heavy (non-hydrogen) atoms. The molecule has 2 heterocycles. The van der Waals surface area contributed by atoms with Crippen LogP contribution in [-0.2, 0) is 4.74 Å². The van der Waals surface area contributed by atoms with Crippen LogP contribution in [0.5, 0.6) is 11.5 Å². The largest absolute Gasteiger partial charge is 0.497 e. The van der Waals surface area contributed by atoms with Gasteiger partial charge in [-0.05, 0) is 30.3 Å². The number of benzene rings is 2. The van der Waals surface area contributed by atoms with Gasteiger partial charge in [-0.2, -0.15) is 0 Å². The van der Waals surface area contributed by atoms with Gasteiger partial charge < -0.3 is 24.0 Å². The van der Waals surface area contributed by atoms with Crippen LogP contribution in [0.1, 0.15) is 20.7 Å². The molecule has 2 amide bonds. The summed E-state index contributed by atoms with van der Waals surface area (Å²) in [6.07, 6.45) is -0.0978. The van der Waals surface area contributed by atoms with Gasteiger partial charge in [0.1, 0.15) is 11.5 Å². The average Bonchev–Trinajstić information content (AvgIpc) is 2.89. The van der Waals surface area contributed by atoms with Gasteiger partial charge in [0.05, 0.1) is 42.5 Å². The molecule has 0 radical (unpaired) electrons. The lowest BCUT2D eigenvalue weighted by Gasteiger charge is -2.39. The lowest BCUT2D eigenvalue weighted by Crippen LogP contribution is -2.54. The van der Waals surface area contributed by atoms with Gasteiger partial charge in [-0.3, -0.25) is 14.5 Å². The third-order valence-electron chi connectivity index (χ3n) is 6.35. The highest BCUT2D eigenvalue weighted by atomic mass is 35.5. The molecule has 0 unspecified atom stereocenters. The van der Waals surface area contributed by atoms with Crippen molar-refractivity contribution in [3.05, 3.63) is 57.6 Å². The quantitative estimate of drug-likeness (QED) is 0.580. The minimum absolute atomic E-state index is 0.0588. The Labute approximate surface area is 215 Å². The van der Waals surface area contributed by atoms with E-state index >= 15 is 0 Å². The predicted octanol–water partition coefficient (Wildman–Crippen LogP) is 3.31. The molecule has 1 atom stereocenters. The number of methoxy groups -OCH3 is 2. The van der Waals surface area contributed by atoms with Gasteiger partial charge in [-0.25, -0.2) is 0 Å². The van der Waals surface area contributed by atoms with Crippen LogP contribution >= 0.6 is 23.2 Å². The first-order chi connectivity index (χ1) is 16.9. The highest BCUT2D eigenvalue weighted by Crippen LogP contribution is 2.27. The Morgan fingerprint density at radius 2 is 1.69 bits per heavy atom. The van der Waals surface area contributed by atoms with E-state index in [-0.39, 0.29) is 17.9 Å². The Bertz CT molecular complexity index is 1080. The molecule has 2 saturated heterocycles. The smallest absolute Gasteiger partial charge is 0.257 e. The lowest BCUT2D eigenvalue weighted by atomic mass is 10.1. The molecule has 188 valence electrons. The fourth-order valence-electron chi connectivity index (χ4n) is 4.39. The third kappa shape index (κ3) is 6.01. The monoisotopic (exact) mass is 521 g/mol. The van der Waals surface area contributed by atoms with E-state index < -0.39 is 0 Å². The van der Waals surface area contributed by atoms with Crippen molar-refractivity contribution in [2.24, 2.45) is 0 Å². The van der Waals surface area contributed by atoms with Gasteiger partial charge in [0.15, 0.2) is 0 Å². The molecule has 4 rings (SSSR count). The Morgan fingerprint density at radius 3 is 2.37 bits per heavy atom. The number of nitrogens with zero attached hydrogens (tertiary/aromatic N) is 3. The summed E-state index contributed by atoms with van der Waals surface area (Å²) in [6.45, 7) is 4.87. The Hall–Kier alpha value is -2.52. The van der Waals surface area contributed by atoms with Crippen LogP contribution in [0.2, 0.25) is 10.0 Å². The maximum atomic E-state index is 13.1. The van der Waals surface area contributed by atoms with E-state index in [9.17, 15) is 9.59 Å². The fourth-order valence-corrected chi connectivity index (χ4v) is 4.69. The number of piperazine rings is 1. The maximum absolute atomic E-state index is 13.1. The number of hydrogen-bond donors (Lipinski definition) is 0. The fraction of sp³-hybridized carbons (Fsp3) is 0.440. The van der Waals surface area contributed by atoms with E-state index in [0.717, 1.165) is 13.1 Å². The molecule has 8 nitrogen and oxygen atoms in total. The van der Waals surface area contributed by atoms with Crippen molar-refractivity contribution in [1.29, 1.82) is 0 Å². The normalized spacial score (nSPS) is 18.9. The minimum Gasteiger partial charge on any atom is -0.497 e. The number of carbonyl (C=O) groups excluding carboxylic acids is 2. The number of halogens is 2. The topological polar surface area (TPSA) is 71.6 Å². The third-order valence-corrected chi connectivity index (χ3v) is 7.09. The van der Waals surface area contributed by atoms with Crippen molar-refractivity contribution in [2.75, 3.05) is 66.6 Å². The number of rotatable bonds is 6. The summed E-state index contributed by atoms with van der Waals surface area (Å²) in [5, 5.41) is 0.785. The van der Waals surface area contributed by atoms with Crippen molar-refractivity contribution in [1.82, 2.24) is 14.7 Å². The van der Waals surface area contributed by atoms with Crippen LogP contribution in [0.3, 0.4) is 0 Å². The molecule has 2 aromatic carbocycles. The molecular weight excluding hydrogens is 493 g/mol. The molecule has 0 saturated carbocycles. The first kappa shape index (κ1) is 25.6. The Kier molecular flexibility index (Phi) is 8.38.